The molecule has 3 amide bonds. The van der Waals surface area contributed by atoms with Crippen molar-refractivity contribution < 1.29 is 18.8 Å². The van der Waals surface area contributed by atoms with Gasteiger partial charge in [0.1, 0.15) is 17.9 Å². The third kappa shape index (κ3) is 6.61. The molecule has 2 aromatic carbocycles. The van der Waals surface area contributed by atoms with Gasteiger partial charge in [0.25, 0.3) is 5.91 Å². The number of halogens is 2. The van der Waals surface area contributed by atoms with Crippen LogP contribution in [0.15, 0.2) is 52.4 Å². The largest absolute Gasteiger partial charge is 0.348 e. The SMILES string of the molecule is Cc1ncsc1-c1ccc([C@H](C)NC(=O)[C@@H]2CCCN2C(=O)C(NC(=O)c2cc(Br)ccc2F)C(C)(C)C)cc1. The molecule has 10 heteroatoms. The fourth-order valence-corrected chi connectivity index (χ4v) is 6.07. The highest BCUT2D eigenvalue weighted by atomic mass is 79.9. The molecule has 0 saturated carbocycles. The molecule has 7 nitrogen and oxygen atoms in total. The number of carbonyl (C=O) groups is 3. The molecule has 0 radical (unpaired) electrons. The molecule has 2 N–H and O–H groups in total. The molecule has 0 aliphatic carbocycles. The van der Waals surface area contributed by atoms with Crippen molar-refractivity contribution in [2.75, 3.05) is 6.54 Å². The van der Waals surface area contributed by atoms with Gasteiger partial charge in [-0.3, -0.25) is 14.4 Å². The summed E-state index contributed by atoms with van der Waals surface area (Å²) in [4.78, 5) is 47.1. The van der Waals surface area contributed by atoms with Gasteiger partial charge in [0.05, 0.1) is 27.7 Å². The number of rotatable bonds is 7. The minimum Gasteiger partial charge on any atom is -0.348 e. The van der Waals surface area contributed by atoms with E-state index in [1.54, 1.807) is 16.2 Å². The first-order chi connectivity index (χ1) is 18.9. The van der Waals surface area contributed by atoms with Gasteiger partial charge in [0, 0.05) is 11.0 Å². The molecule has 3 atom stereocenters. The van der Waals surface area contributed by atoms with E-state index < -0.39 is 29.2 Å². The number of thiazole rings is 1. The zero-order chi connectivity index (χ0) is 29.2. The molecule has 1 unspecified atom stereocenters. The van der Waals surface area contributed by atoms with Crippen LogP contribution in [-0.2, 0) is 9.59 Å². The van der Waals surface area contributed by atoms with Crippen molar-refractivity contribution in [3.05, 3.63) is 75.1 Å². The van der Waals surface area contributed by atoms with Crippen LogP contribution in [0.4, 0.5) is 4.39 Å². The lowest BCUT2D eigenvalue weighted by Crippen LogP contribution is -2.57. The standard InChI is InChI=1S/C30H34BrFN4O3S/c1-17(19-8-10-20(11-9-19)25-18(2)33-16-40-25)34-28(38)24-7-6-14-36(24)29(39)26(30(3,4)5)35-27(37)22-15-21(31)12-13-23(22)32/h8-13,15-17,24,26H,6-7,14H2,1-5H3,(H,34,38)(H,35,37)/t17-,24-,26?/m0/s1. The van der Waals surface area contributed by atoms with Gasteiger partial charge in [-0.05, 0) is 61.4 Å². The Morgan fingerprint density at radius 1 is 1.12 bits per heavy atom. The first kappa shape index (κ1) is 29.9. The summed E-state index contributed by atoms with van der Waals surface area (Å²) in [5.74, 6) is -1.95. The van der Waals surface area contributed by atoms with E-state index in [-0.39, 0.29) is 23.4 Å². The average molecular weight is 630 g/mol. The third-order valence-corrected chi connectivity index (χ3v) is 8.65. The summed E-state index contributed by atoms with van der Waals surface area (Å²) >= 11 is 4.85. The van der Waals surface area contributed by atoms with E-state index >= 15 is 0 Å². The highest BCUT2D eigenvalue weighted by Gasteiger charge is 2.42. The third-order valence-electron chi connectivity index (χ3n) is 7.18. The van der Waals surface area contributed by atoms with Crippen LogP contribution >= 0.6 is 27.3 Å². The Morgan fingerprint density at radius 3 is 2.45 bits per heavy atom. The second-order valence-electron chi connectivity index (χ2n) is 11.2. The maximum atomic E-state index is 14.4. The van der Waals surface area contributed by atoms with Crippen LogP contribution in [0.3, 0.4) is 0 Å². The number of aryl methyl sites for hydroxylation is 1. The molecule has 2 heterocycles. The summed E-state index contributed by atoms with van der Waals surface area (Å²) in [6.45, 7) is 9.79. The predicted molar refractivity (Wildman–Crippen MR) is 158 cm³/mol. The lowest BCUT2D eigenvalue weighted by atomic mass is 9.85. The van der Waals surface area contributed by atoms with E-state index in [1.165, 1.54) is 18.2 Å². The Kier molecular flexibility index (Phi) is 9.09. The Hall–Kier alpha value is -3.11. The molecule has 1 fully saturated rings. The maximum Gasteiger partial charge on any atom is 0.254 e. The van der Waals surface area contributed by atoms with Crippen LogP contribution in [0.1, 0.15) is 68.2 Å². The Bertz CT molecular complexity index is 1400. The highest BCUT2D eigenvalue weighted by Crippen LogP contribution is 2.29. The molecular weight excluding hydrogens is 595 g/mol. The summed E-state index contributed by atoms with van der Waals surface area (Å²) in [7, 11) is 0. The summed E-state index contributed by atoms with van der Waals surface area (Å²) < 4.78 is 14.9. The second-order valence-corrected chi connectivity index (χ2v) is 13.0. The molecule has 4 rings (SSSR count). The minimum absolute atomic E-state index is 0.155. The van der Waals surface area contributed by atoms with Crippen molar-refractivity contribution in [2.45, 2.75) is 65.6 Å². The molecule has 212 valence electrons. The van der Waals surface area contributed by atoms with Gasteiger partial charge in [0.2, 0.25) is 11.8 Å². The molecule has 0 spiro atoms. The number of amides is 3. The van der Waals surface area contributed by atoms with E-state index in [2.05, 4.69) is 31.5 Å². The lowest BCUT2D eigenvalue weighted by Gasteiger charge is -2.35. The fourth-order valence-electron chi connectivity index (χ4n) is 4.89. The molecule has 40 heavy (non-hydrogen) atoms. The quantitative estimate of drug-likeness (QED) is 0.334. The van der Waals surface area contributed by atoms with Crippen molar-refractivity contribution in [3.8, 4) is 10.4 Å². The summed E-state index contributed by atoms with van der Waals surface area (Å²) in [5.41, 5.74) is 4.00. The van der Waals surface area contributed by atoms with Gasteiger partial charge in [-0.2, -0.15) is 0 Å². The molecule has 1 aliphatic rings. The van der Waals surface area contributed by atoms with Crippen LogP contribution in [0.25, 0.3) is 10.4 Å². The van der Waals surface area contributed by atoms with E-state index in [0.29, 0.717) is 23.9 Å². The number of hydrogen-bond acceptors (Lipinski definition) is 5. The van der Waals surface area contributed by atoms with Crippen molar-refractivity contribution in [1.29, 1.82) is 0 Å². The van der Waals surface area contributed by atoms with E-state index in [1.807, 2.05) is 64.4 Å². The topological polar surface area (TPSA) is 91.4 Å². The first-order valence-corrected chi connectivity index (χ1v) is 14.9. The smallest absolute Gasteiger partial charge is 0.254 e. The van der Waals surface area contributed by atoms with Gasteiger partial charge in [0.15, 0.2) is 0 Å². The average Bonchev–Trinajstić information content (AvgIpc) is 3.57. The normalized spacial score (nSPS) is 16.9. The van der Waals surface area contributed by atoms with Crippen molar-refractivity contribution in [2.24, 2.45) is 5.41 Å². The number of nitrogens with zero attached hydrogens (tertiary/aromatic N) is 2. The van der Waals surface area contributed by atoms with Crippen molar-refractivity contribution >= 4 is 45.0 Å². The van der Waals surface area contributed by atoms with Gasteiger partial charge in [-0.15, -0.1) is 11.3 Å². The van der Waals surface area contributed by atoms with E-state index in [4.69, 9.17) is 0 Å². The molecule has 1 aromatic heterocycles. The van der Waals surface area contributed by atoms with Crippen LogP contribution in [-0.4, -0.2) is 46.2 Å². The summed E-state index contributed by atoms with van der Waals surface area (Å²) in [5, 5.41) is 5.80. The number of likely N-dealkylation sites (tertiary alicyclic amines) is 1. The van der Waals surface area contributed by atoms with Gasteiger partial charge in [-0.25, -0.2) is 9.37 Å². The van der Waals surface area contributed by atoms with E-state index in [0.717, 1.165) is 21.7 Å². The van der Waals surface area contributed by atoms with E-state index in [9.17, 15) is 18.8 Å². The molecule has 0 bridgehead atoms. The van der Waals surface area contributed by atoms with Crippen LogP contribution in [0.5, 0.6) is 0 Å². The lowest BCUT2D eigenvalue weighted by molar-refractivity contribution is -0.142. The highest BCUT2D eigenvalue weighted by molar-refractivity contribution is 9.10. The molecule has 3 aromatic rings. The predicted octanol–water partition coefficient (Wildman–Crippen LogP) is 6.03. The zero-order valence-electron chi connectivity index (χ0n) is 23.3. The van der Waals surface area contributed by atoms with Crippen LogP contribution < -0.4 is 10.6 Å². The van der Waals surface area contributed by atoms with Crippen molar-refractivity contribution in [3.63, 3.8) is 0 Å². The number of benzene rings is 2. The number of hydrogen-bond donors (Lipinski definition) is 2. The molecule has 1 aliphatic heterocycles. The minimum atomic E-state index is -0.952. The fraction of sp³-hybridized carbons (Fsp3) is 0.400. The summed E-state index contributed by atoms with van der Waals surface area (Å²) in [6.07, 6.45) is 1.20. The number of nitrogens with one attached hydrogen (secondary N) is 2. The maximum absolute atomic E-state index is 14.4. The van der Waals surface area contributed by atoms with Gasteiger partial charge < -0.3 is 15.5 Å². The van der Waals surface area contributed by atoms with Crippen LogP contribution in [0, 0.1) is 18.2 Å². The summed E-state index contributed by atoms with van der Waals surface area (Å²) in [6, 6.07) is 10.2. The molecule has 1 saturated heterocycles. The molecular formula is C30H34BrFN4O3S. The monoisotopic (exact) mass is 628 g/mol. The second kappa shape index (κ2) is 12.2. The first-order valence-electron chi connectivity index (χ1n) is 13.2. The Balaban J connectivity index is 1.46. The Morgan fingerprint density at radius 2 is 1.82 bits per heavy atom. The number of aromatic nitrogens is 1. The van der Waals surface area contributed by atoms with Crippen molar-refractivity contribution in [1.82, 2.24) is 20.5 Å². The van der Waals surface area contributed by atoms with Gasteiger partial charge >= 0.3 is 0 Å². The number of carbonyl (C=O) groups excluding carboxylic acids is 3. The van der Waals surface area contributed by atoms with Gasteiger partial charge in [-0.1, -0.05) is 61.0 Å². The Labute approximate surface area is 246 Å². The zero-order valence-corrected chi connectivity index (χ0v) is 25.7. The van der Waals surface area contributed by atoms with Crippen LogP contribution in [0.2, 0.25) is 0 Å².